The van der Waals surface area contributed by atoms with Gasteiger partial charge in [0.2, 0.25) is 0 Å². The molecule has 0 aromatic carbocycles. The van der Waals surface area contributed by atoms with Crippen LogP contribution in [0.3, 0.4) is 0 Å². The summed E-state index contributed by atoms with van der Waals surface area (Å²) in [7, 11) is 0. The van der Waals surface area contributed by atoms with E-state index in [9.17, 15) is 0 Å². The second-order valence-corrected chi connectivity index (χ2v) is 6.83. The summed E-state index contributed by atoms with van der Waals surface area (Å²) in [5.41, 5.74) is 0.147. The Hall–Kier alpha value is -0.200. The van der Waals surface area contributed by atoms with Gasteiger partial charge in [-0.25, -0.2) is 0 Å². The molecular formula is C17H37NO4. The monoisotopic (exact) mass is 319 g/mol. The molecule has 0 aliphatic rings. The minimum atomic E-state index is 0.147. The first-order valence-corrected chi connectivity index (χ1v) is 8.43. The average molecular weight is 319 g/mol. The maximum Gasteiger partial charge on any atom is 0.0704 e. The highest BCUT2D eigenvalue weighted by molar-refractivity contribution is 4.69. The van der Waals surface area contributed by atoms with E-state index in [4.69, 9.17) is 18.9 Å². The second kappa shape index (κ2) is 13.3. The van der Waals surface area contributed by atoms with Crippen molar-refractivity contribution < 1.29 is 18.9 Å². The van der Waals surface area contributed by atoms with Gasteiger partial charge in [-0.3, -0.25) is 0 Å². The Kier molecular flexibility index (Phi) is 13.1. The molecule has 0 bridgehead atoms. The van der Waals surface area contributed by atoms with Crippen molar-refractivity contribution in [2.24, 2.45) is 5.92 Å². The minimum absolute atomic E-state index is 0.147. The Balaban J connectivity index is 3.12. The molecule has 0 radical (unpaired) electrons. The van der Waals surface area contributed by atoms with Crippen LogP contribution in [0.2, 0.25) is 0 Å². The summed E-state index contributed by atoms with van der Waals surface area (Å²) in [6, 6.07) is 0. The molecule has 1 N–H and O–H groups in total. The maximum atomic E-state index is 5.62. The standard InChI is InChI=1S/C17H37NO4/c1-15(2)16(3)22-14-13-21-12-11-20-10-9-19-8-7-18-17(4,5)6/h15-16,18H,7-14H2,1-6H3/t16-/m1/s1. The zero-order chi connectivity index (χ0) is 16.8. The first-order chi connectivity index (χ1) is 10.3. The molecule has 0 aromatic rings. The van der Waals surface area contributed by atoms with Crippen LogP contribution in [-0.4, -0.2) is 64.4 Å². The Labute approximate surface area is 137 Å². The van der Waals surface area contributed by atoms with Crippen LogP contribution < -0.4 is 5.32 Å². The third-order valence-corrected chi connectivity index (χ3v) is 3.19. The van der Waals surface area contributed by atoms with E-state index < -0.39 is 0 Å². The van der Waals surface area contributed by atoms with Crippen LogP contribution in [-0.2, 0) is 18.9 Å². The van der Waals surface area contributed by atoms with Crippen LogP contribution >= 0.6 is 0 Å². The van der Waals surface area contributed by atoms with Crippen molar-refractivity contribution in [3.8, 4) is 0 Å². The largest absolute Gasteiger partial charge is 0.378 e. The van der Waals surface area contributed by atoms with Crippen molar-refractivity contribution in [3.63, 3.8) is 0 Å². The highest BCUT2D eigenvalue weighted by atomic mass is 16.6. The van der Waals surface area contributed by atoms with Gasteiger partial charge >= 0.3 is 0 Å². The van der Waals surface area contributed by atoms with Gasteiger partial charge < -0.3 is 24.3 Å². The molecule has 0 amide bonds. The molecule has 0 heterocycles. The summed E-state index contributed by atoms with van der Waals surface area (Å²) < 4.78 is 22.0. The first kappa shape index (κ1) is 21.8. The fourth-order valence-electron chi connectivity index (χ4n) is 1.53. The molecule has 1 atom stereocenters. The molecule has 0 aromatic heterocycles. The van der Waals surface area contributed by atoms with E-state index in [0.29, 0.717) is 52.2 Å². The lowest BCUT2D eigenvalue weighted by Crippen LogP contribution is -2.38. The third-order valence-electron chi connectivity index (χ3n) is 3.19. The lowest BCUT2D eigenvalue weighted by atomic mass is 10.1. The summed E-state index contributed by atoms with van der Waals surface area (Å²) in [6.07, 6.45) is 0.282. The van der Waals surface area contributed by atoms with Crippen molar-refractivity contribution in [1.82, 2.24) is 5.32 Å². The first-order valence-electron chi connectivity index (χ1n) is 8.43. The quantitative estimate of drug-likeness (QED) is 0.499. The molecule has 0 unspecified atom stereocenters. The van der Waals surface area contributed by atoms with Gasteiger partial charge in [0.05, 0.1) is 52.4 Å². The molecule has 134 valence electrons. The lowest BCUT2D eigenvalue weighted by molar-refractivity contribution is -0.0244. The number of ether oxygens (including phenoxy) is 4. The molecule has 5 nitrogen and oxygen atoms in total. The SMILES string of the molecule is CC(C)[C@@H](C)OCCOCCOCCOCCNC(C)(C)C. The Bertz CT molecular complexity index is 241. The predicted molar refractivity (Wildman–Crippen MR) is 90.5 cm³/mol. The van der Waals surface area contributed by atoms with Crippen molar-refractivity contribution in [3.05, 3.63) is 0 Å². The third kappa shape index (κ3) is 16.2. The summed E-state index contributed by atoms with van der Waals surface area (Å²) in [4.78, 5) is 0. The molecule has 22 heavy (non-hydrogen) atoms. The van der Waals surface area contributed by atoms with E-state index in [1.807, 2.05) is 0 Å². The number of hydrogen-bond donors (Lipinski definition) is 1. The van der Waals surface area contributed by atoms with Crippen LogP contribution in [0.5, 0.6) is 0 Å². The zero-order valence-electron chi connectivity index (χ0n) is 15.4. The highest BCUT2D eigenvalue weighted by Gasteiger charge is 2.07. The van der Waals surface area contributed by atoms with Crippen LogP contribution in [0.25, 0.3) is 0 Å². The molecule has 5 heteroatoms. The molecule has 0 aliphatic heterocycles. The smallest absolute Gasteiger partial charge is 0.0704 e. The zero-order valence-corrected chi connectivity index (χ0v) is 15.4. The van der Waals surface area contributed by atoms with E-state index in [0.717, 1.165) is 6.54 Å². The Morgan fingerprint density at radius 3 is 1.64 bits per heavy atom. The van der Waals surface area contributed by atoms with Crippen LogP contribution in [0.1, 0.15) is 41.5 Å². The summed E-state index contributed by atoms with van der Waals surface area (Å²) in [5, 5.41) is 3.37. The van der Waals surface area contributed by atoms with Gasteiger partial charge in [-0.15, -0.1) is 0 Å². The Morgan fingerprint density at radius 1 is 0.727 bits per heavy atom. The van der Waals surface area contributed by atoms with Gasteiger partial charge in [0.15, 0.2) is 0 Å². The molecule has 0 saturated heterocycles. The van der Waals surface area contributed by atoms with Gasteiger partial charge in [-0.2, -0.15) is 0 Å². The summed E-state index contributed by atoms with van der Waals surface area (Å²) in [6.45, 7) is 18.1. The van der Waals surface area contributed by atoms with Crippen molar-refractivity contribution in [2.75, 3.05) is 52.8 Å². The Morgan fingerprint density at radius 2 is 1.18 bits per heavy atom. The van der Waals surface area contributed by atoms with E-state index in [1.54, 1.807) is 0 Å². The fourth-order valence-corrected chi connectivity index (χ4v) is 1.53. The topological polar surface area (TPSA) is 49.0 Å². The molecule has 0 saturated carbocycles. The van der Waals surface area contributed by atoms with E-state index in [1.165, 1.54) is 0 Å². The summed E-state index contributed by atoms with van der Waals surface area (Å²) >= 11 is 0. The normalized spacial score (nSPS) is 13.8. The second-order valence-electron chi connectivity index (χ2n) is 6.83. The number of rotatable bonds is 14. The van der Waals surface area contributed by atoms with Gasteiger partial charge in [-0.1, -0.05) is 13.8 Å². The van der Waals surface area contributed by atoms with Crippen LogP contribution in [0, 0.1) is 5.92 Å². The van der Waals surface area contributed by atoms with Gasteiger partial charge in [0.1, 0.15) is 0 Å². The maximum absolute atomic E-state index is 5.62. The number of hydrogen-bond acceptors (Lipinski definition) is 5. The van der Waals surface area contributed by atoms with Crippen LogP contribution in [0.4, 0.5) is 0 Å². The highest BCUT2D eigenvalue weighted by Crippen LogP contribution is 2.04. The lowest BCUT2D eigenvalue weighted by Gasteiger charge is -2.20. The van der Waals surface area contributed by atoms with E-state index >= 15 is 0 Å². The molecule has 0 fully saturated rings. The van der Waals surface area contributed by atoms with Crippen molar-refractivity contribution in [2.45, 2.75) is 53.2 Å². The van der Waals surface area contributed by atoms with Gasteiger partial charge in [-0.05, 0) is 33.6 Å². The van der Waals surface area contributed by atoms with Gasteiger partial charge in [0.25, 0.3) is 0 Å². The van der Waals surface area contributed by atoms with Crippen molar-refractivity contribution in [1.29, 1.82) is 0 Å². The average Bonchev–Trinajstić information content (AvgIpc) is 2.42. The molecule has 0 aliphatic carbocycles. The van der Waals surface area contributed by atoms with Gasteiger partial charge in [0, 0.05) is 12.1 Å². The predicted octanol–water partition coefficient (Wildman–Crippen LogP) is 2.49. The molecule has 0 spiro atoms. The van der Waals surface area contributed by atoms with E-state index in [2.05, 4.69) is 46.9 Å². The molecular weight excluding hydrogens is 282 g/mol. The number of nitrogens with one attached hydrogen (secondary N) is 1. The minimum Gasteiger partial charge on any atom is -0.378 e. The van der Waals surface area contributed by atoms with E-state index in [-0.39, 0.29) is 11.6 Å². The van der Waals surface area contributed by atoms with Crippen molar-refractivity contribution >= 4 is 0 Å². The molecule has 0 rings (SSSR count). The summed E-state index contributed by atoms with van der Waals surface area (Å²) in [5.74, 6) is 0.543. The fraction of sp³-hybridized carbons (Fsp3) is 1.00. The van der Waals surface area contributed by atoms with Crippen LogP contribution in [0.15, 0.2) is 0 Å².